The predicted octanol–water partition coefficient (Wildman–Crippen LogP) is 1.63. The largest absolute Gasteiger partial charge is 0.392 e. The monoisotopic (exact) mass is 342 g/mol. The number of aromatic nitrogens is 2. The van der Waals surface area contributed by atoms with Gasteiger partial charge in [0.1, 0.15) is 0 Å². The van der Waals surface area contributed by atoms with Crippen LogP contribution in [0.1, 0.15) is 28.5 Å². The summed E-state index contributed by atoms with van der Waals surface area (Å²) < 4.78 is 1.84. The molecule has 1 fully saturated rings. The molecule has 2 aromatic rings. The van der Waals surface area contributed by atoms with Crippen LogP contribution >= 0.6 is 0 Å². The van der Waals surface area contributed by atoms with E-state index in [-0.39, 0.29) is 12.0 Å². The predicted molar refractivity (Wildman–Crippen MR) is 97.1 cm³/mol. The lowest BCUT2D eigenvalue weighted by molar-refractivity contribution is 0.0553. The van der Waals surface area contributed by atoms with E-state index in [0.29, 0.717) is 25.2 Å². The van der Waals surface area contributed by atoms with Crippen LogP contribution in [0, 0.1) is 13.8 Å². The average Bonchev–Trinajstić information content (AvgIpc) is 2.96. The van der Waals surface area contributed by atoms with Crippen molar-refractivity contribution in [1.82, 2.24) is 19.6 Å². The molecule has 25 heavy (non-hydrogen) atoms. The normalized spacial score (nSPS) is 16.9. The zero-order valence-corrected chi connectivity index (χ0v) is 15.1. The molecular formula is C19H26N4O2. The maximum absolute atomic E-state index is 12.9. The molecule has 1 aromatic carbocycles. The van der Waals surface area contributed by atoms with Gasteiger partial charge < -0.3 is 10.0 Å². The highest BCUT2D eigenvalue weighted by Crippen LogP contribution is 2.19. The summed E-state index contributed by atoms with van der Waals surface area (Å²) >= 11 is 0. The van der Waals surface area contributed by atoms with Gasteiger partial charge in [-0.3, -0.25) is 9.69 Å². The van der Waals surface area contributed by atoms with Crippen LogP contribution in [0.2, 0.25) is 0 Å². The first kappa shape index (κ1) is 17.6. The highest BCUT2D eigenvalue weighted by atomic mass is 16.3. The van der Waals surface area contributed by atoms with Crippen LogP contribution in [0.5, 0.6) is 0 Å². The first-order chi connectivity index (χ1) is 12.0. The minimum atomic E-state index is -0.336. The fourth-order valence-electron chi connectivity index (χ4n) is 3.34. The maximum atomic E-state index is 12.9. The van der Waals surface area contributed by atoms with Crippen molar-refractivity contribution in [2.75, 3.05) is 32.7 Å². The van der Waals surface area contributed by atoms with E-state index in [1.807, 2.05) is 47.7 Å². The maximum Gasteiger partial charge on any atom is 0.257 e. The van der Waals surface area contributed by atoms with Gasteiger partial charge in [0.25, 0.3) is 5.91 Å². The van der Waals surface area contributed by atoms with E-state index in [1.54, 1.807) is 13.1 Å². The summed E-state index contributed by atoms with van der Waals surface area (Å²) in [5.74, 6) is 0.0361. The number of carbonyl (C=O) groups is 1. The zero-order chi connectivity index (χ0) is 18.0. The molecular weight excluding hydrogens is 316 g/mol. The molecule has 134 valence electrons. The van der Waals surface area contributed by atoms with Gasteiger partial charge in [-0.05, 0) is 32.4 Å². The Balaban J connectivity index is 1.73. The third kappa shape index (κ3) is 3.75. The first-order valence-electron chi connectivity index (χ1n) is 8.77. The number of aliphatic hydroxyl groups excluding tert-OH is 1. The number of aliphatic hydroxyl groups is 1. The van der Waals surface area contributed by atoms with Crippen LogP contribution in [0.3, 0.4) is 0 Å². The molecule has 1 N–H and O–H groups in total. The molecule has 0 aliphatic carbocycles. The Morgan fingerprint density at radius 3 is 2.52 bits per heavy atom. The number of rotatable bonds is 4. The molecule has 1 saturated heterocycles. The fraction of sp³-hybridized carbons (Fsp3) is 0.474. The van der Waals surface area contributed by atoms with Crippen molar-refractivity contribution < 1.29 is 9.90 Å². The van der Waals surface area contributed by atoms with Crippen LogP contribution in [0.15, 0.2) is 30.5 Å². The summed E-state index contributed by atoms with van der Waals surface area (Å²) in [6.45, 7) is 9.38. The molecule has 1 aliphatic rings. The number of hydrogen-bond acceptors (Lipinski definition) is 4. The Hall–Kier alpha value is -2.18. The van der Waals surface area contributed by atoms with Crippen LogP contribution in [-0.2, 0) is 0 Å². The molecule has 1 atom stereocenters. The third-order valence-corrected chi connectivity index (χ3v) is 4.77. The lowest BCUT2D eigenvalue weighted by atomic mass is 10.1. The summed E-state index contributed by atoms with van der Waals surface area (Å²) in [6.07, 6.45) is 1.34. The lowest BCUT2D eigenvalue weighted by Crippen LogP contribution is -2.50. The van der Waals surface area contributed by atoms with Crippen LogP contribution < -0.4 is 0 Å². The minimum Gasteiger partial charge on any atom is -0.392 e. The van der Waals surface area contributed by atoms with Crippen molar-refractivity contribution in [2.24, 2.45) is 0 Å². The average molecular weight is 342 g/mol. The third-order valence-electron chi connectivity index (χ3n) is 4.77. The number of carbonyl (C=O) groups excluding carboxylic acids is 1. The van der Waals surface area contributed by atoms with Crippen molar-refractivity contribution in [3.05, 3.63) is 47.3 Å². The Morgan fingerprint density at radius 1 is 1.20 bits per heavy atom. The van der Waals surface area contributed by atoms with Gasteiger partial charge in [-0.25, -0.2) is 4.68 Å². The van der Waals surface area contributed by atoms with E-state index in [1.165, 1.54) is 0 Å². The molecule has 1 aliphatic heterocycles. The number of piperazine rings is 1. The van der Waals surface area contributed by atoms with Crippen molar-refractivity contribution in [3.8, 4) is 5.69 Å². The molecule has 0 bridgehead atoms. The number of aryl methyl sites for hydroxylation is 1. The molecule has 6 heteroatoms. The molecule has 0 radical (unpaired) electrons. The molecule has 0 spiro atoms. The number of nitrogens with zero attached hydrogens (tertiary/aromatic N) is 4. The van der Waals surface area contributed by atoms with Gasteiger partial charge in [-0.1, -0.05) is 18.2 Å². The molecule has 0 unspecified atom stereocenters. The molecule has 6 nitrogen and oxygen atoms in total. The molecule has 2 heterocycles. The van der Waals surface area contributed by atoms with Crippen molar-refractivity contribution in [3.63, 3.8) is 0 Å². The van der Waals surface area contributed by atoms with Gasteiger partial charge >= 0.3 is 0 Å². The van der Waals surface area contributed by atoms with Crippen molar-refractivity contribution in [1.29, 1.82) is 0 Å². The summed E-state index contributed by atoms with van der Waals surface area (Å²) in [5.41, 5.74) is 3.65. The highest BCUT2D eigenvalue weighted by Gasteiger charge is 2.25. The Labute approximate surface area is 148 Å². The van der Waals surface area contributed by atoms with Gasteiger partial charge in [0.15, 0.2) is 0 Å². The van der Waals surface area contributed by atoms with Crippen molar-refractivity contribution >= 4 is 5.91 Å². The van der Waals surface area contributed by atoms with Gasteiger partial charge in [0.2, 0.25) is 0 Å². The minimum absolute atomic E-state index is 0.0361. The standard InChI is InChI=1S/C19H26N4O2/c1-14-6-4-5-7-18(14)23-16(3)17(12-20-23)19(25)22-10-8-21(9-11-22)13-15(2)24/h4-7,12,15,24H,8-11,13H2,1-3H3/t15-/m1/s1. The second-order valence-corrected chi connectivity index (χ2v) is 6.78. The van der Waals surface area contributed by atoms with E-state index >= 15 is 0 Å². The highest BCUT2D eigenvalue weighted by molar-refractivity contribution is 5.95. The van der Waals surface area contributed by atoms with Gasteiger partial charge in [-0.2, -0.15) is 5.10 Å². The van der Waals surface area contributed by atoms with Crippen LogP contribution in [-0.4, -0.2) is 69.4 Å². The molecule has 3 rings (SSSR count). The van der Waals surface area contributed by atoms with E-state index in [9.17, 15) is 9.90 Å². The number of hydrogen-bond donors (Lipinski definition) is 1. The number of benzene rings is 1. The van der Waals surface area contributed by atoms with Crippen molar-refractivity contribution in [2.45, 2.75) is 26.9 Å². The van der Waals surface area contributed by atoms with E-state index < -0.39 is 0 Å². The Kier molecular flexibility index (Phi) is 5.20. The van der Waals surface area contributed by atoms with Gasteiger partial charge in [-0.15, -0.1) is 0 Å². The SMILES string of the molecule is Cc1ccccc1-n1ncc(C(=O)N2CCN(C[C@@H](C)O)CC2)c1C. The van der Waals surface area contributed by atoms with E-state index in [4.69, 9.17) is 0 Å². The van der Waals surface area contributed by atoms with Gasteiger partial charge in [0.05, 0.1) is 29.2 Å². The number of amides is 1. The van der Waals surface area contributed by atoms with Gasteiger partial charge in [0, 0.05) is 32.7 Å². The quantitative estimate of drug-likeness (QED) is 0.917. The van der Waals surface area contributed by atoms with E-state index in [2.05, 4.69) is 10.00 Å². The Bertz CT molecular complexity index is 746. The summed E-state index contributed by atoms with van der Waals surface area (Å²) in [5, 5.41) is 13.9. The van der Waals surface area contributed by atoms with E-state index in [0.717, 1.165) is 30.0 Å². The fourth-order valence-corrected chi connectivity index (χ4v) is 3.34. The number of β-amino-alcohol motifs (C(OH)–C–C–N with tert-alkyl or cyclic N) is 1. The van der Waals surface area contributed by atoms with Crippen LogP contribution in [0.25, 0.3) is 5.69 Å². The lowest BCUT2D eigenvalue weighted by Gasteiger charge is -2.35. The topological polar surface area (TPSA) is 61.6 Å². The summed E-state index contributed by atoms with van der Waals surface area (Å²) in [6, 6.07) is 8.03. The summed E-state index contributed by atoms with van der Waals surface area (Å²) in [7, 11) is 0. The molecule has 1 aromatic heterocycles. The Morgan fingerprint density at radius 2 is 1.88 bits per heavy atom. The second kappa shape index (κ2) is 7.37. The smallest absolute Gasteiger partial charge is 0.257 e. The number of para-hydroxylation sites is 1. The summed E-state index contributed by atoms with van der Waals surface area (Å²) in [4.78, 5) is 17.0. The molecule has 0 saturated carbocycles. The van der Waals surface area contributed by atoms with Crippen LogP contribution in [0.4, 0.5) is 0 Å². The first-order valence-corrected chi connectivity index (χ1v) is 8.77. The second-order valence-electron chi connectivity index (χ2n) is 6.78. The zero-order valence-electron chi connectivity index (χ0n) is 15.1. The molecule has 1 amide bonds.